The number of likely N-dealkylation sites (tertiary alicyclic amines) is 1. The molecule has 0 bridgehead atoms. The molecule has 1 unspecified atom stereocenters. The minimum atomic E-state index is -0.756. The maximum Gasteiger partial charge on any atom is 0.295 e. The molecule has 188 valence electrons. The third-order valence-electron chi connectivity index (χ3n) is 5.79. The zero-order chi connectivity index (χ0) is 25.5. The third kappa shape index (κ3) is 5.77. The van der Waals surface area contributed by atoms with E-state index in [2.05, 4.69) is 0 Å². The van der Waals surface area contributed by atoms with E-state index in [9.17, 15) is 14.7 Å². The lowest BCUT2D eigenvalue weighted by atomic mass is 9.95. The Bertz CT molecular complexity index is 1080. The molecule has 2 aromatic carbocycles. The maximum atomic E-state index is 13.2. The molecule has 1 amide bonds. The number of ketones is 1. The van der Waals surface area contributed by atoms with Gasteiger partial charge in [-0.1, -0.05) is 6.07 Å². The zero-order valence-corrected chi connectivity index (χ0v) is 21.0. The van der Waals surface area contributed by atoms with E-state index >= 15 is 0 Å². The summed E-state index contributed by atoms with van der Waals surface area (Å²) in [6.45, 7) is 5.87. The SMILES string of the molecule is CCOc1ccc(/C(O)=C2\C(=O)C(=O)N(CCCN(C)C)C2c2ccc(OCC)c(OC)c2)cc1. The Morgan fingerprint density at radius 3 is 2.29 bits per heavy atom. The van der Waals surface area contributed by atoms with E-state index in [-0.39, 0.29) is 11.3 Å². The molecule has 35 heavy (non-hydrogen) atoms. The van der Waals surface area contributed by atoms with E-state index in [0.717, 1.165) is 6.54 Å². The number of rotatable bonds is 11. The van der Waals surface area contributed by atoms with Crippen molar-refractivity contribution in [3.05, 3.63) is 59.2 Å². The number of amides is 1. The van der Waals surface area contributed by atoms with Crippen molar-refractivity contribution in [3.63, 3.8) is 0 Å². The van der Waals surface area contributed by atoms with Crippen LogP contribution in [-0.2, 0) is 9.59 Å². The van der Waals surface area contributed by atoms with Gasteiger partial charge >= 0.3 is 0 Å². The predicted octanol–water partition coefficient (Wildman–Crippen LogP) is 3.87. The van der Waals surface area contributed by atoms with Crippen LogP contribution in [0.4, 0.5) is 0 Å². The molecule has 1 aliphatic heterocycles. The molecule has 0 spiro atoms. The minimum Gasteiger partial charge on any atom is -0.507 e. The molecule has 8 heteroatoms. The van der Waals surface area contributed by atoms with Crippen molar-refractivity contribution in [2.75, 3.05) is 47.5 Å². The van der Waals surface area contributed by atoms with E-state index in [4.69, 9.17) is 14.2 Å². The molecule has 0 saturated carbocycles. The fraction of sp³-hybridized carbons (Fsp3) is 0.407. The molecule has 0 aliphatic carbocycles. The van der Waals surface area contributed by atoms with E-state index in [0.29, 0.717) is 54.6 Å². The zero-order valence-electron chi connectivity index (χ0n) is 21.0. The van der Waals surface area contributed by atoms with Gasteiger partial charge in [-0.2, -0.15) is 0 Å². The molecular weight excluding hydrogens is 448 g/mol. The van der Waals surface area contributed by atoms with Crippen molar-refractivity contribution in [3.8, 4) is 17.2 Å². The van der Waals surface area contributed by atoms with Crippen molar-refractivity contribution < 1.29 is 28.9 Å². The van der Waals surface area contributed by atoms with Crippen molar-refractivity contribution in [1.29, 1.82) is 0 Å². The van der Waals surface area contributed by atoms with Gasteiger partial charge in [-0.15, -0.1) is 0 Å². The molecule has 1 heterocycles. The average molecular weight is 483 g/mol. The average Bonchev–Trinajstić information content (AvgIpc) is 3.09. The van der Waals surface area contributed by atoms with Crippen LogP contribution >= 0.6 is 0 Å². The smallest absolute Gasteiger partial charge is 0.295 e. The largest absolute Gasteiger partial charge is 0.507 e. The number of methoxy groups -OCH3 is 1. The highest BCUT2D eigenvalue weighted by Crippen LogP contribution is 2.42. The Balaban J connectivity index is 2.10. The number of carbonyl (C=O) groups is 2. The summed E-state index contributed by atoms with van der Waals surface area (Å²) in [5.41, 5.74) is 1.14. The molecule has 2 aromatic rings. The van der Waals surface area contributed by atoms with Crippen LogP contribution in [0.5, 0.6) is 17.2 Å². The van der Waals surface area contributed by atoms with Crippen molar-refractivity contribution >= 4 is 17.4 Å². The molecule has 0 radical (unpaired) electrons. The molecule has 1 aliphatic rings. The summed E-state index contributed by atoms with van der Waals surface area (Å²) >= 11 is 0. The van der Waals surface area contributed by atoms with Gasteiger partial charge in [0.1, 0.15) is 11.5 Å². The van der Waals surface area contributed by atoms with Gasteiger partial charge in [-0.3, -0.25) is 9.59 Å². The minimum absolute atomic E-state index is 0.0511. The van der Waals surface area contributed by atoms with Crippen LogP contribution in [0.15, 0.2) is 48.0 Å². The highest BCUT2D eigenvalue weighted by molar-refractivity contribution is 6.46. The number of hydrogen-bond acceptors (Lipinski definition) is 7. The second-order valence-electron chi connectivity index (χ2n) is 8.45. The quantitative estimate of drug-likeness (QED) is 0.296. The van der Waals surface area contributed by atoms with Crippen molar-refractivity contribution in [2.24, 2.45) is 0 Å². The normalized spacial score (nSPS) is 17.2. The van der Waals surface area contributed by atoms with E-state index in [1.54, 1.807) is 42.5 Å². The van der Waals surface area contributed by atoms with E-state index in [1.807, 2.05) is 32.8 Å². The Labute approximate surface area is 206 Å². The number of ether oxygens (including phenoxy) is 3. The lowest BCUT2D eigenvalue weighted by Gasteiger charge is -2.26. The molecule has 1 fully saturated rings. The Hall–Kier alpha value is -3.52. The van der Waals surface area contributed by atoms with Crippen molar-refractivity contribution in [2.45, 2.75) is 26.3 Å². The Kier molecular flexibility index (Phi) is 8.76. The first-order valence-corrected chi connectivity index (χ1v) is 11.8. The van der Waals surface area contributed by atoms with Crippen LogP contribution in [-0.4, -0.2) is 74.1 Å². The Morgan fingerprint density at radius 2 is 1.69 bits per heavy atom. The monoisotopic (exact) mass is 482 g/mol. The summed E-state index contributed by atoms with van der Waals surface area (Å²) in [5, 5.41) is 11.2. The van der Waals surface area contributed by atoms with E-state index < -0.39 is 17.7 Å². The highest BCUT2D eigenvalue weighted by atomic mass is 16.5. The summed E-state index contributed by atoms with van der Waals surface area (Å²) in [6.07, 6.45) is 0.674. The number of hydrogen-bond donors (Lipinski definition) is 1. The molecule has 1 atom stereocenters. The fourth-order valence-corrected chi connectivity index (χ4v) is 4.17. The topological polar surface area (TPSA) is 88.5 Å². The number of benzene rings is 2. The summed E-state index contributed by atoms with van der Waals surface area (Å²) < 4.78 is 16.6. The highest BCUT2D eigenvalue weighted by Gasteiger charge is 2.46. The van der Waals surface area contributed by atoms with Crippen LogP contribution in [0, 0.1) is 0 Å². The summed E-state index contributed by atoms with van der Waals surface area (Å²) in [7, 11) is 5.44. The molecule has 0 aromatic heterocycles. The Morgan fingerprint density at radius 1 is 1.00 bits per heavy atom. The van der Waals surface area contributed by atoms with Crippen LogP contribution in [0.25, 0.3) is 5.76 Å². The van der Waals surface area contributed by atoms with Gasteiger partial charge in [0.05, 0.1) is 31.9 Å². The van der Waals surface area contributed by atoms with Gasteiger partial charge in [0.25, 0.3) is 11.7 Å². The molecule has 1 N–H and O–H groups in total. The van der Waals surface area contributed by atoms with Gasteiger partial charge in [0, 0.05) is 12.1 Å². The van der Waals surface area contributed by atoms with Crippen LogP contribution in [0.1, 0.15) is 37.4 Å². The van der Waals surface area contributed by atoms with Gasteiger partial charge in [0.2, 0.25) is 0 Å². The molecular formula is C27H34N2O6. The molecule has 1 saturated heterocycles. The second-order valence-corrected chi connectivity index (χ2v) is 8.45. The number of aliphatic hydroxyl groups is 1. The molecule has 8 nitrogen and oxygen atoms in total. The number of nitrogens with zero attached hydrogens (tertiary/aromatic N) is 2. The van der Waals surface area contributed by atoms with Crippen molar-refractivity contribution in [1.82, 2.24) is 9.80 Å². The van der Waals surface area contributed by atoms with Gasteiger partial charge in [0.15, 0.2) is 11.5 Å². The second kappa shape index (κ2) is 11.8. The van der Waals surface area contributed by atoms with Gasteiger partial charge < -0.3 is 29.1 Å². The predicted molar refractivity (Wildman–Crippen MR) is 134 cm³/mol. The summed E-state index contributed by atoms with van der Waals surface area (Å²) in [4.78, 5) is 29.9. The number of carbonyl (C=O) groups excluding carboxylic acids is 2. The van der Waals surface area contributed by atoms with Gasteiger partial charge in [-0.25, -0.2) is 0 Å². The number of aliphatic hydroxyl groups excluding tert-OH is 1. The first-order chi connectivity index (χ1) is 16.8. The first-order valence-electron chi connectivity index (χ1n) is 11.8. The van der Waals surface area contributed by atoms with E-state index in [1.165, 1.54) is 12.0 Å². The van der Waals surface area contributed by atoms with Crippen LogP contribution < -0.4 is 14.2 Å². The maximum absolute atomic E-state index is 13.2. The first kappa shape index (κ1) is 26.1. The lowest BCUT2D eigenvalue weighted by molar-refractivity contribution is -0.139. The lowest BCUT2D eigenvalue weighted by Crippen LogP contribution is -2.32. The van der Waals surface area contributed by atoms with Gasteiger partial charge in [-0.05, 0) is 82.9 Å². The summed E-state index contributed by atoms with van der Waals surface area (Å²) in [5.74, 6) is 0.146. The molecule has 3 rings (SSSR count). The van der Waals surface area contributed by atoms with Crippen LogP contribution in [0.2, 0.25) is 0 Å². The van der Waals surface area contributed by atoms with Crippen LogP contribution in [0.3, 0.4) is 0 Å². The third-order valence-corrected chi connectivity index (χ3v) is 5.79. The standard InChI is InChI=1S/C27H34N2O6/c1-6-34-20-12-9-18(10-13-20)25(30)23-24(19-11-14-21(35-7-2)22(17-19)33-5)29(27(32)26(23)31)16-8-15-28(3)4/h9-14,17,24,30H,6-8,15-16H2,1-5H3/b25-23+. The fourth-order valence-electron chi connectivity index (χ4n) is 4.17. The summed E-state index contributed by atoms with van der Waals surface area (Å²) in [6, 6.07) is 11.4. The number of Topliss-reactive ketones (excluding diaryl/α,β-unsaturated/α-hetero) is 1.